The number of aromatic nitrogens is 2. The zero-order chi connectivity index (χ0) is 20.3. The highest BCUT2D eigenvalue weighted by Gasteiger charge is 2.31. The lowest BCUT2D eigenvalue weighted by atomic mass is 10.2. The molecular weight excluding hydrogens is 386 g/mol. The smallest absolute Gasteiger partial charge is 0.337 e. The predicted molar refractivity (Wildman–Crippen MR) is 101 cm³/mol. The van der Waals surface area contributed by atoms with E-state index in [4.69, 9.17) is 4.74 Å². The normalized spacial score (nSPS) is 17.9. The summed E-state index contributed by atoms with van der Waals surface area (Å²) in [5.41, 5.74) is 0.989. The Hall–Kier alpha value is -2.88. The molecule has 1 aliphatic heterocycles. The quantitative estimate of drug-likeness (QED) is 0.719. The van der Waals surface area contributed by atoms with Gasteiger partial charge in [-0.3, -0.25) is 4.79 Å². The number of nitrogens with one attached hydrogen (secondary N) is 1. The van der Waals surface area contributed by atoms with Crippen LogP contribution in [0.25, 0.3) is 0 Å². The third-order valence-electron chi connectivity index (χ3n) is 4.30. The van der Waals surface area contributed by atoms with Crippen molar-refractivity contribution in [3.63, 3.8) is 0 Å². The molecule has 1 atom stereocenters. The van der Waals surface area contributed by atoms with E-state index in [0.29, 0.717) is 29.2 Å². The molecular formula is C18H21N3O6S. The Kier molecular flexibility index (Phi) is 5.68. The second-order valence-corrected chi connectivity index (χ2v) is 8.76. The highest BCUT2D eigenvalue weighted by atomic mass is 32.2. The third kappa shape index (κ3) is 4.69. The molecule has 1 saturated heterocycles. The van der Waals surface area contributed by atoms with Gasteiger partial charge in [0.15, 0.2) is 16.4 Å². The maximum atomic E-state index is 12.3. The number of ether oxygens (including phenoxy) is 2. The van der Waals surface area contributed by atoms with Gasteiger partial charge in [0, 0.05) is 6.07 Å². The standard InChI is InChI=1S/C18H21N3O6S/c1-12-8-16(21(20-12)14-6-7-28(24,25)11-14)19-17(22)10-27-15-5-3-4-13(9-15)18(23)26-2/h3-5,8-9,14H,6-7,10-11H2,1-2H3,(H,19,22). The number of benzene rings is 1. The van der Waals surface area contributed by atoms with Crippen molar-refractivity contribution in [1.82, 2.24) is 9.78 Å². The van der Waals surface area contributed by atoms with Crippen LogP contribution < -0.4 is 10.1 Å². The lowest BCUT2D eigenvalue weighted by Crippen LogP contribution is -2.24. The van der Waals surface area contributed by atoms with Gasteiger partial charge in [-0.25, -0.2) is 17.9 Å². The van der Waals surface area contributed by atoms with E-state index in [2.05, 4.69) is 15.2 Å². The van der Waals surface area contributed by atoms with Crippen molar-refractivity contribution < 1.29 is 27.5 Å². The second kappa shape index (κ2) is 8.01. The Morgan fingerprint density at radius 1 is 1.32 bits per heavy atom. The SMILES string of the molecule is COC(=O)c1cccc(OCC(=O)Nc2cc(C)nn2C2CCS(=O)(=O)C2)c1. The summed E-state index contributed by atoms with van der Waals surface area (Å²) in [4.78, 5) is 23.8. The molecule has 0 aliphatic carbocycles. The molecule has 1 amide bonds. The molecule has 1 aliphatic rings. The van der Waals surface area contributed by atoms with E-state index in [1.807, 2.05) is 0 Å². The summed E-state index contributed by atoms with van der Waals surface area (Å²) in [6.45, 7) is 1.49. The van der Waals surface area contributed by atoms with E-state index in [-0.39, 0.29) is 24.2 Å². The summed E-state index contributed by atoms with van der Waals surface area (Å²) in [6.07, 6.45) is 0.461. The number of amides is 1. The molecule has 9 nitrogen and oxygen atoms in total. The van der Waals surface area contributed by atoms with Crippen LogP contribution in [0.2, 0.25) is 0 Å². The predicted octanol–water partition coefficient (Wildman–Crippen LogP) is 1.36. The summed E-state index contributed by atoms with van der Waals surface area (Å²) in [5, 5.41) is 7.02. The first kappa shape index (κ1) is 19.9. The van der Waals surface area contributed by atoms with Crippen LogP contribution in [0.4, 0.5) is 5.82 Å². The maximum absolute atomic E-state index is 12.3. The fourth-order valence-electron chi connectivity index (χ4n) is 3.02. The first-order valence-electron chi connectivity index (χ1n) is 8.65. The van der Waals surface area contributed by atoms with Crippen LogP contribution in [0.15, 0.2) is 30.3 Å². The first-order valence-corrected chi connectivity index (χ1v) is 10.5. The molecule has 1 aromatic carbocycles. The maximum Gasteiger partial charge on any atom is 0.337 e. The van der Waals surface area contributed by atoms with Crippen molar-refractivity contribution in [1.29, 1.82) is 0 Å². The number of hydrogen-bond acceptors (Lipinski definition) is 7. The highest BCUT2D eigenvalue weighted by Crippen LogP contribution is 2.27. The number of carbonyl (C=O) groups excluding carboxylic acids is 2. The largest absolute Gasteiger partial charge is 0.484 e. The van der Waals surface area contributed by atoms with Crippen molar-refractivity contribution in [3.8, 4) is 5.75 Å². The number of aryl methyl sites for hydroxylation is 1. The number of hydrogen-bond donors (Lipinski definition) is 1. The lowest BCUT2D eigenvalue weighted by Gasteiger charge is -2.14. The molecule has 28 heavy (non-hydrogen) atoms. The lowest BCUT2D eigenvalue weighted by molar-refractivity contribution is -0.118. The Morgan fingerprint density at radius 3 is 2.79 bits per heavy atom. The zero-order valence-corrected chi connectivity index (χ0v) is 16.4. The molecule has 150 valence electrons. The Balaban J connectivity index is 1.64. The Morgan fingerprint density at radius 2 is 2.11 bits per heavy atom. The van der Waals surface area contributed by atoms with Gasteiger partial charge in [-0.15, -0.1) is 0 Å². The van der Waals surface area contributed by atoms with Gasteiger partial charge in [0.05, 0.1) is 35.9 Å². The molecule has 0 radical (unpaired) electrons. The summed E-state index contributed by atoms with van der Waals surface area (Å²) in [7, 11) is -1.79. The van der Waals surface area contributed by atoms with Gasteiger partial charge in [0.2, 0.25) is 0 Å². The number of methoxy groups -OCH3 is 1. The molecule has 3 rings (SSSR count). The van der Waals surface area contributed by atoms with Crippen LogP contribution in [-0.2, 0) is 19.4 Å². The average Bonchev–Trinajstić information content (AvgIpc) is 3.20. The van der Waals surface area contributed by atoms with Crippen LogP contribution >= 0.6 is 0 Å². The minimum absolute atomic E-state index is 0.00775. The van der Waals surface area contributed by atoms with E-state index < -0.39 is 21.7 Å². The number of carbonyl (C=O) groups is 2. The summed E-state index contributed by atoms with van der Waals surface area (Å²) in [5.74, 6) is -0.0235. The van der Waals surface area contributed by atoms with Gasteiger partial charge in [0.1, 0.15) is 11.6 Å². The molecule has 10 heteroatoms. The van der Waals surface area contributed by atoms with Crippen LogP contribution in [0.5, 0.6) is 5.75 Å². The molecule has 2 heterocycles. The number of sulfone groups is 1. The minimum Gasteiger partial charge on any atom is -0.484 e. The van der Waals surface area contributed by atoms with Crippen molar-refractivity contribution >= 4 is 27.5 Å². The summed E-state index contributed by atoms with van der Waals surface area (Å²) in [6, 6.07) is 7.69. The van der Waals surface area contributed by atoms with Gasteiger partial charge in [0.25, 0.3) is 5.91 Å². The van der Waals surface area contributed by atoms with Gasteiger partial charge in [-0.2, -0.15) is 5.10 Å². The Labute approximate surface area is 162 Å². The van der Waals surface area contributed by atoms with Crippen LogP contribution in [0.1, 0.15) is 28.5 Å². The van der Waals surface area contributed by atoms with E-state index in [0.717, 1.165) is 0 Å². The molecule has 1 fully saturated rings. The molecule has 0 spiro atoms. The van der Waals surface area contributed by atoms with Crippen LogP contribution in [0.3, 0.4) is 0 Å². The first-order chi connectivity index (χ1) is 13.3. The van der Waals surface area contributed by atoms with E-state index in [1.165, 1.54) is 13.2 Å². The van der Waals surface area contributed by atoms with E-state index in [1.54, 1.807) is 35.9 Å². The summed E-state index contributed by atoms with van der Waals surface area (Å²) < 4.78 is 35.1. The fourth-order valence-corrected chi connectivity index (χ4v) is 4.71. The topological polar surface area (TPSA) is 117 Å². The molecule has 0 bridgehead atoms. The molecule has 2 aromatic rings. The van der Waals surface area contributed by atoms with Crippen LogP contribution in [0, 0.1) is 6.92 Å². The van der Waals surface area contributed by atoms with Gasteiger partial charge < -0.3 is 14.8 Å². The van der Waals surface area contributed by atoms with Gasteiger partial charge in [-0.1, -0.05) is 6.07 Å². The van der Waals surface area contributed by atoms with Crippen molar-refractivity contribution in [2.24, 2.45) is 0 Å². The Bertz CT molecular complexity index is 998. The third-order valence-corrected chi connectivity index (χ3v) is 6.06. The average molecular weight is 407 g/mol. The molecule has 0 saturated carbocycles. The van der Waals surface area contributed by atoms with Crippen molar-refractivity contribution in [2.45, 2.75) is 19.4 Å². The summed E-state index contributed by atoms with van der Waals surface area (Å²) >= 11 is 0. The molecule has 1 N–H and O–H groups in total. The fraction of sp³-hybridized carbons (Fsp3) is 0.389. The highest BCUT2D eigenvalue weighted by molar-refractivity contribution is 7.91. The number of nitrogens with zero attached hydrogens (tertiary/aromatic N) is 2. The van der Waals surface area contributed by atoms with Crippen LogP contribution in [-0.4, -0.2) is 55.3 Å². The molecule has 1 aromatic heterocycles. The zero-order valence-electron chi connectivity index (χ0n) is 15.5. The van der Waals surface area contributed by atoms with Crippen molar-refractivity contribution in [2.75, 3.05) is 30.5 Å². The second-order valence-electron chi connectivity index (χ2n) is 6.53. The minimum atomic E-state index is -3.08. The monoisotopic (exact) mass is 407 g/mol. The number of esters is 1. The van der Waals surface area contributed by atoms with Gasteiger partial charge in [-0.05, 0) is 31.5 Å². The van der Waals surface area contributed by atoms with Crippen molar-refractivity contribution in [3.05, 3.63) is 41.6 Å². The van der Waals surface area contributed by atoms with E-state index >= 15 is 0 Å². The number of rotatable bonds is 6. The molecule has 1 unspecified atom stereocenters. The van der Waals surface area contributed by atoms with Gasteiger partial charge >= 0.3 is 5.97 Å². The number of anilines is 1. The van der Waals surface area contributed by atoms with E-state index in [9.17, 15) is 18.0 Å².